The van der Waals surface area contributed by atoms with E-state index in [1.807, 2.05) is 10.7 Å². The fraction of sp³-hybridized carbons (Fsp3) is 0.500. The Morgan fingerprint density at radius 3 is 1.82 bits per heavy atom. The second-order valence-corrected chi connectivity index (χ2v) is 29.7. The van der Waals surface area contributed by atoms with E-state index in [-0.39, 0.29) is 26.9 Å². The normalized spacial score (nSPS) is 17.1. The summed E-state index contributed by atoms with van der Waals surface area (Å²) in [4.78, 5) is 143. The number of carboxylic acids is 1. The maximum absolute atomic E-state index is 16.9. The quantitative estimate of drug-likeness (QED) is 0.00556. The summed E-state index contributed by atoms with van der Waals surface area (Å²) in [5.74, 6) is -6.73. The number of hydrogen-bond donors (Lipinski definition) is 9. The third-order valence-corrected chi connectivity index (χ3v) is 19.5. The number of carboxylic acid groups (broad SMARTS) is 1. The van der Waals surface area contributed by atoms with Crippen LogP contribution in [0, 0.1) is 41.2 Å². The number of nitrogens with zero attached hydrogens (tertiary/aromatic N) is 7. The summed E-state index contributed by atoms with van der Waals surface area (Å²) >= 11 is 0. The lowest BCUT2D eigenvalue weighted by Gasteiger charge is -2.47. The van der Waals surface area contributed by atoms with E-state index in [1.165, 1.54) is 63.5 Å². The van der Waals surface area contributed by atoms with Crippen LogP contribution in [0.3, 0.4) is 0 Å². The molecule has 7 atom stereocenters. The number of aromatic nitrogens is 4. The van der Waals surface area contributed by atoms with Crippen molar-refractivity contribution in [3.05, 3.63) is 124 Å². The number of halogens is 10. The predicted octanol–water partition coefficient (Wildman–Crippen LogP) is 6.70. The van der Waals surface area contributed by atoms with Crippen molar-refractivity contribution < 1.29 is 125 Å². The highest BCUT2D eigenvalue weighted by Gasteiger charge is 2.58. The zero-order chi connectivity index (χ0) is 82.2. The summed E-state index contributed by atoms with van der Waals surface area (Å²) in [5, 5.41) is 21.8. The molecule has 3 fully saturated rings. The molecule has 0 aliphatic carbocycles. The first-order chi connectivity index (χ1) is 51.7. The summed E-state index contributed by atoms with van der Waals surface area (Å²) < 4.78 is 191. The Hall–Kier alpha value is -10.2. The molecule has 10 N–H and O–H groups in total. The molecule has 0 radical (unpaired) electrons. The van der Waals surface area contributed by atoms with Crippen LogP contribution in [0.25, 0.3) is 11.3 Å². The number of carbonyl (C=O) groups is 8. The minimum atomic E-state index is -5.65. The van der Waals surface area contributed by atoms with Crippen LogP contribution in [0.1, 0.15) is 113 Å². The van der Waals surface area contributed by atoms with E-state index in [4.69, 9.17) is 19.7 Å². The Balaban J connectivity index is 1.28. The van der Waals surface area contributed by atoms with Crippen LogP contribution in [0.15, 0.2) is 73.2 Å². The van der Waals surface area contributed by atoms with Crippen LogP contribution in [0.5, 0.6) is 5.75 Å². The number of piperazine rings is 1. The van der Waals surface area contributed by atoms with Crippen molar-refractivity contribution >= 4 is 61.5 Å². The molecule has 111 heavy (non-hydrogen) atoms. The minimum absolute atomic E-state index is 0.0564. The van der Waals surface area contributed by atoms with Gasteiger partial charge < -0.3 is 60.5 Å². The first-order valence-corrected chi connectivity index (χ1v) is 35.6. The summed E-state index contributed by atoms with van der Waals surface area (Å²) in [6.45, 7) is 2.36. The standard InChI is InChI=1S/C70H82F10N13O17P/c1-36-20-41(25-54(95)84-50(61(99)100)26-53(81)94)56(51(21-36)110-111(103,104)105)66(2,3)27-55(96)109-52(33-91(89-60(98)58(87-65(102)107-9)68(6,7)70(78,79)80)32-45-46(71)23-40(24-47(45)72)48-18-19-92(88-48)62(73)74)49(85-59(97)57(86-64(101)106-8)67(4,5)69(75,76)77)22-38-13-10-37(11-14-38)12-15-39-28-82-63(83-29-39)90-30-42-16-17-43(31-90)93(42)44-34-108-35-44/h10-11,13-14,18-21,23-24,28-29,42-44,49-50,52,57-58,62H,16-17,22,25-27,30-35H2,1-9H3,(H2,81,94)(H,84,95)(H,85,97)(H,86,101)(H,87,102)(H,89,98)(H,99,100)(H2,103,104,105)/t42?,43?,49-,50-,52-,57+,58+/m0/s1. The first-order valence-electron chi connectivity index (χ1n) is 34.1. The van der Waals surface area contributed by atoms with Crippen LogP contribution < -0.4 is 41.9 Å². The third-order valence-electron chi connectivity index (χ3n) is 19.1. The Morgan fingerprint density at radius 1 is 0.766 bits per heavy atom. The van der Waals surface area contributed by atoms with Crippen molar-refractivity contribution in [3.8, 4) is 28.8 Å². The average Bonchev–Trinajstić information content (AvgIpc) is 1.38. The topological polar surface area (TPSA) is 400 Å². The third kappa shape index (κ3) is 21.9. The zero-order valence-corrected chi connectivity index (χ0v) is 62.0. The molecule has 604 valence electrons. The molecule has 3 aromatic carbocycles. The van der Waals surface area contributed by atoms with Crippen molar-refractivity contribution in [2.45, 2.75) is 166 Å². The van der Waals surface area contributed by atoms with Gasteiger partial charge in [-0.05, 0) is 107 Å². The van der Waals surface area contributed by atoms with E-state index in [9.17, 15) is 57.0 Å². The van der Waals surface area contributed by atoms with Gasteiger partial charge in [0.25, 0.3) is 5.91 Å². The van der Waals surface area contributed by atoms with Gasteiger partial charge in [0, 0.05) is 78.0 Å². The summed E-state index contributed by atoms with van der Waals surface area (Å²) in [6, 6.07) is 1.32. The molecule has 5 aromatic rings. The van der Waals surface area contributed by atoms with Crippen LogP contribution >= 0.6 is 7.82 Å². The fourth-order valence-electron chi connectivity index (χ4n) is 13.1. The van der Waals surface area contributed by atoms with E-state index in [2.05, 4.69) is 56.8 Å². The van der Waals surface area contributed by atoms with Crippen molar-refractivity contribution in [1.29, 1.82) is 0 Å². The molecule has 2 aromatic heterocycles. The number of rotatable bonds is 31. The number of phosphoric acid groups is 1. The number of anilines is 1. The van der Waals surface area contributed by atoms with Crippen LogP contribution in [-0.2, 0) is 77.1 Å². The number of hydrogen-bond acceptors (Lipinski definition) is 20. The number of esters is 1. The highest BCUT2D eigenvalue weighted by molar-refractivity contribution is 7.46. The highest BCUT2D eigenvalue weighted by atomic mass is 31.2. The molecular formula is C70H82F10N13O17P. The van der Waals surface area contributed by atoms with Gasteiger partial charge in [-0.2, -0.15) is 40.2 Å². The maximum atomic E-state index is 16.9. The van der Waals surface area contributed by atoms with Gasteiger partial charge >= 0.3 is 50.8 Å². The lowest BCUT2D eigenvalue weighted by molar-refractivity contribution is -0.221. The van der Waals surface area contributed by atoms with E-state index in [0.717, 1.165) is 38.3 Å². The molecule has 6 amide bonds. The highest BCUT2D eigenvalue weighted by Crippen LogP contribution is 2.47. The molecule has 8 rings (SSSR count). The second-order valence-electron chi connectivity index (χ2n) is 28.6. The molecule has 2 unspecified atom stereocenters. The molecule has 0 spiro atoms. The Kier molecular flexibility index (Phi) is 27.3. The number of ether oxygens (including phenoxy) is 4. The number of nitrogens with one attached hydrogen (secondary N) is 5. The number of primary amides is 1. The summed E-state index contributed by atoms with van der Waals surface area (Å²) in [6.07, 6.45) is -14.4. The number of methoxy groups -OCH3 is 2. The number of aryl methyl sites for hydroxylation is 1. The van der Waals surface area contributed by atoms with Crippen LogP contribution in [0.2, 0.25) is 0 Å². The number of amides is 6. The van der Waals surface area contributed by atoms with Crippen molar-refractivity contribution in [2.24, 2.45) is 16.6 Å². The van der Waals surface area contributed by atoms with Crippen LogP contribution in [0.4, 0.5) is 59.4 Å². The largest absolute Gasteiger partial charge is 0.524 e. The fourth-order valence-corrected chi connectivity index (χ4v) is 13.5. The van der Waals surface area contributed by atoms with Crippen molar-refractivity contribution in [3.63, 3.8) is 0 Å². The van der Waals surface area contributed by atoms with Crippen molar-refractivity contribution in [2.75, 3.05) is 52.0 Å². The minimum Gasteiger partial charge on any atom is -0.480 e. The number of hydrazine groups is 1. The molecule has 41 heteroatoms. The van der Waals surface area contributed by atoms with Gasteiger partial charge in [-0.15, -0.1) is 0 Å². The van der Waals surface area contributed by atoms with Gasteiger partial charge in [-0.25, -0.2) is 47.4 Å². The van der Waals surface area contributed by atoms with E-state index >= 15 is 44.7 Å². The predicted molar refractivity (Wildman–Crippen MR) is 370 cm³/mol. The smallest absolute Gasteiger partial charge is 0.480 e. The molecule has 30 nitrogen and oxygen atoms in total. The molecule has 5 heterocycles. The SMILES string of the molecule is COC(=O)N[C@H](C(=O)N[C@@H](Cc1ccc(C#Cc2cnc(N3CC4CCC(C3)N4C3COC3)nc2)cc1)[C@H](CN(Cc1c(F)cc(-c2ccn(C(F)F)n2)cc1F)NC(=O)[C@@H](NC(=O)OC)C(C)(C)C(F)(F)F)OC(=O)CC(C)(C)c1c(CC(=O)N[C@@H](CC(N)=O)C(=O)O)cc(C)cc1OP(=O)(O)O)C(C)(C)C(F)(F)F. The van der Waals surface area contributed by atoms with Crippen molar-refractivity contribution in [1.82, 2.24) is 56.4 Å². The van der Waals surface area contributed by atoms with Gasteiger partial charge in [0.05, 0.1) is 87.4 Å². The van der Waals surface area contributed by atoms with E-state index in [1.54, 1.807) is 5.32 Å². The van der Waals surface area contributed by atoms with Crippen LogP contribution in [-0.4, -0.2) is 200 Å². The Labute approximate surface area is 628 Å². The second kappa shape index (κ2) is 35.0. The number of fused-ring (bicyclic) bond motifs is 2. The molecule has 3 saturated heterocycles. The first kappa shape index (κ1) is 86.4. The maximum Gasteiger partial charge on any atom is 0.524 e. The summed E-state index contributed by atoms with van der Waals surface area (Å²) in [5.41, 5.74) is -3.24. The zero-order valence-electron chi connectivity index (χ0n) is 61.1. The molecule has 3 aliphatic rings. The number of phosphoric ester groups is 1. The van der Waals surface area contributed by atoms with Gasteiger partial charge in [-0.3, -0.25) is 44.1 Å². The lowest BCUT2D eigenvalue weighted by Crippen LogP contribution is -2.64. The average molecular weight is 1600 g/mol. The van der Waals surface area contributed by atoms with Gasteiger partial charge in [0.2, 0.25) is 23.7 Å². The monoisotopic (exact) mass is 1600 g/mol. The number of aliphatic carboxylic acids is 1. The molecule has 2 bridgehead atoms. The van der Waals surface area contributed by atoms with Gasteiger partial charge in [-0.1, -0.05) is 43.9 Å². The van der Waals surface area contributed by atoms with Gasteiger partial charge in [0.1, 0.15) is 41.6 Å². The van der Waals surface area contributed by atoms with E-state index in [0.29, 0.717) is 108 Å². The Morgan fingerprint density at radius 2 is 1.32 bits per heavy atom. The van der Waals surface area contributed by atoms with Gasteiger partial charge in [0.15, 0.2) is 0 Å². The molecular weight excluding hydrogens is 1520 g/mol. The number of alkyl halides is 8. The number of carbonyl (C=O) groups excluding carboxylic acids is 7. The molecule has 0 saturated carbocycles. The number of nitrogens with two attached hydrogens (primary N) is 1. The Bertz CT molecular complexity index is 4340. The number of benzene rings is 3. The molecule has 3 aliphatic heterocycles. The summed E-state index contributed by atoms with van der Waals surface area (Å²) in [7, 11) is -4.20. The lowest BCUT2D eigenvalue weighted by atomic mass is 9.77. The van der Waals surface area contributed by atoms with E-state index < -0.39 is 200 Å². The number of alkyl carbamates (subject to hydrolysis) is 2.